The van der Waals surface area contributed by atoms with Crippen molar-refractivity contribution < 1.29 is 13.2 Å². The molecule has 0 aromatic carbocycles. The van der Waals surface area contributed by atoms with E-state index in [9.17, 15) is 13.2 Å². The van der Waals surface area contributed by atoms with Gasteiger partial charge in [0, 0.05) is 18.1 Å². The smallest absolute Gasteiger partial charge is 0.252 e. The van der Waals surface area contributed by atoms with E-state index in [0.29, 0.717) is 24.9 Å². The Hall–Kier alpha value is -0.290. The summed E-state index contributed by atoms with van der Waals surface area (Å²) in [5.41, 5.74) is 3.39. The van der Waals surface area contributed by atoms with Crippen LogP contribution in [0.5, 0.6) is 0 Å². The molecular formula is C14H25F3N2. The third-order valence-electron chi connectivity index (χ3n) is 4.66. The Labute approximate surface area is 113 Å². The first-order chi connectivity index (χ1) is 8.88. The zero-order valence-corrected chi connectivity index (χ0v) is 11.8. The van der Waals surface area contributed by atoms with Gasteiger partial charge >= 0.3 is 6.18 Å². The SMILES string of the molecule is CC1CCCC(C)N1NC1CCCC(C(F)(F)F)C1. The van der Waals surface area contributed by atoms with Gasteiger partial charge < -0.3 is 0 Å². The summed E-state index contributed by atoms with van der Waals surface area (Å²) >= 11 is 0. The maximum atomic E-state index is 12.8. The summed E-state index contributed by atoms with van der Waals surface area (Å²) in [5, 5.41) is 2.20. The van der Waals surface area contributed by atoms with Crippen molar-refractivity contribution in [2.45, 2.75) is 83.1 Å². The van der Waals surface area contributed by atoms with E-state index < -0.39 is 12.1 Å². The number of piperidine rings is 1. The minimum absolute atomic E-state index is 0.0108. The summed E-state index contributed by atoms with van der Waals surface area (Å²) in [7, 11) is 0. The van der Waals surface area contributed by atoms with Crippen LogP contribution in [0.1, 0.15) is 58.8 Å². The summed E-state index contributed by atoms with van der Waals surface area (Å²) in [6, 6.07) is 0.841. The molecule has 2 rings (SSSR count). The fourth-order valence-electron chi connectivity index (χ4n) is 3.49. The molecule has 1 aliphatic carbocycles. The average molecular weight is 278 g/mol. The lowest BCUT2D eigenvalue weighted by atomic mass is 9.85. The minimum atomic E-state index is -4.03. The Morgan fingerprint density at radius 2 is 1.53 bits per heavy atom. The highest BCUT2D eigenvalue weighted by molar-refractivity contribution is 4.84. The number of hydrogen-bond donors (Lipinski definition) is 1. The second-order valence-electron chi connectivity index (χ2n) is 6.27. The van der Waals surface area contributed by atoms with Crippen LogP contribution in [0, 0.1) is 5.92 Å². The second kappa shape index (κ2) is 6.00. The van der Waals surface area contributed by atoms with Gasteiger partial charge in [-0.3, -0.25) is 5.43 Å². The van der Waals surface area contributed by atoms with Crippen molar-refractivity contribution in [1.82, 2.24) is 10.4 Å². The van der Waals surface area contributed by atoms with Gasteiger partial charge in [-0.1, -0.05) is 12.8 Å². The van der Waals surface area contributed by atoms with Crippen LogP contribution in [-0.2, 0) is 0 Å². The summed E-state index contributed by atoms with van der Waals surface area (Å²) in [4.78, 5) is 0. The highest BCUT2D eigenvalue weighted by Gasteiger charge is 2.42. The molecule has 1 saturated heterocycles. The molecule has 1 aliphatic heterocycles. The molecule has 1 heterocycles. The fraction of sp³-hybridized carbons (Fsp3) is 1.00. The van der Waals surface area contributed by atoms with Gasteiger partial charge in [-0.15, -0.1) is 0 Å². The van der Waals surface area contributed by atoms with Gasteiger partial charge in [0.05, 0.1) is 5.92 Å². The van der Waals surface area contributed by atoms with Crippen molar-refractivity contribution >= 4 is 0 Å². The zero-order valence-electron chi connectivity index (χ0n) is 11.8. The number of hydrogen-bond acceptors (Lipinski definition) is 2. The Kier molecular flexibility index (Phi) is 4.77. The van der Waals surface area contributed by atoms with Crippen LogP contribution >= 0.6 is 0 Å². The van der Waals surface area contributed by atoms with E-state index in [0.717, 1.165) is 19.3 Å². The molecule has 112 valence electrons. The minimum Gasteiger partial charge on any atom is -0.252 e. The van der Waals surface area contributed by atoms with Crippen LogP contribution in [0.3, 0.4) is 0 Å². The molecule has 0 amide bonds. The second-order valence-corrected chi connectivity index (χ2v) is 6.27. The molecule has 5 heteroatoms. The van der Waals surface area contributed by atoms with Crippen molar-refractivity contribution in [1.29, 1.82) is 0 Å². The number of nitrogens with one attached hydrogen (secondary N) is 1. The predicted octanol–water partition coefficient (Wildman–Crippen LogP) is 3.88. The van der Waals surface area contributed by atoms with Crippen molar-refractivity contribution in [3.63, 3.8) is 0 Å². The Balaban J connectivity index is 1.91. The van der Waals surface area contributed by atoms with Gasteiger partial charge in [0.15, 0.2) is 0 Å². The molecule has 2 fully saturated rings. The summed E-state index contributed by atoms with van der Waals surface area (Å²) < 4.78 is 38.4. The maximum Gasteiger partial charge on any atom is 0.391 e. The average Bonchev–Trinajstić information content (AvgIpc) is 2.33. The molecule has 1 saturated carbocycles. The normalized spacial score (nSPS) is 38.4. The Bertz CT molecular complexity index is 283. The number of alkyl halides is 3. The molecule has 19 heavy (non-hydrogen) atoms. The van der Waals surface area contributed by atoms with E-state index >= 15 is 0 Å². The van der Waals surface area contributed by atoms with Crippen LogP contribution in [0.4, 0.5) is 13.2 Å². The van der Waals surface area contributed by atoms with Gasteiger partial charge in [-0.05, 0) is 46.0 Å². The first-order valence-corrected chi connectivity index (χ1v) is 7.49. The molecule has 0 aromatic heterocycles. The highest BCUT2D eigenvalue weighted by atomic mass is 19.4. The topological polar surface area (TPSA) is 15.3 Å². The molecule has 0 spiro atoms. The van der Waals surface area contributed by atoms with Crippen LogP contribution in [-0.4, -0.2) is 29.3 Å². The van der Waals surface area contributed by atoms with Crippen LogP contribution < -0.4 is 5.43 Å². The molecule has 2 aliphatic rings. The van der Waals surface area contributed by atoms with E-state index in [2.05, 4.69) is 24.3 Å². The fourth-order valence-corrected chi connectivity index (χ4v) is 3.49. The zero-order chi connectivity index (χ0) is 14.0. The van der Waals surface area contributed by atoms with Gasteiger partial charge in [0.2, 0.25) is 0 Å². The summed E-state index contributed by atoms with van der Waals surface area (Å²) in [6.07, 6.45) is 1.53. The van der Waals surface area contributed by atoms with E-state index in [1.807, 2.05) is 0 Å². The quantitative estimate of drug-likeness (QED) is 0.824. The van der Waals surface area contributed by atoms with Crippen molar-refractivity contribution in [3.8, 4) is 0 Å². The summed E-state index contributed by atoms with van der Waals surface area (Å²) in [6.45, 7) is 4.32. The lowest BCUT2D eigenvalue weighted by molar-refractivity contribution is -0.185. The maximum absolute atomic E-state index is 12.8. The van der Waals surface area contributed by atoms with E-state index in [-0.39, 0.29) is 12.5 Å². The third-order valence-corrected chi connectivity index (χ3v) is 4.66. The lowest BCUT2D eigenvalue weighted by Gasteiger charge is -2.43. The van der Waals surface area contributed by atoms with Crippen molar-refractivity contribution in [2.24, 2.45) is 5.92 Å². The van der Waals surface area contributed by atoms with Crippen LogP contribution in [0.2, 0.25) is 0 Å². The number of halogens is 3. The molecule has 0 bridgehead atoms. The Morgan fingerprint density at radius 1 is 0.947 bits per heavy atom. The Morgan fingerprint density at radius 3 is 2.11 bits per heavy atom. The lowest BCUT2D eigenvalue weighted by Crippen LogP contribution is -2.56. The van der Waals surface area contributed by atoms with Crippen molar-refractivity contribution in [3.05, 3.63) is 0 Å². The number of rotatable bonds is 2. The molecule has 2 nitrogen and oxygen atoms in total. The van der Waals surface area contributed by atoms with Crippen molar-refractivity contribution in [2.75, 3.05) is 0 Å². The first-order valence-electron chi connectivity index (χ1n) is 7.49. The van der Waals surface area contributed by atoms with Crippen LogP contribution in [0.15, 0.2) is 0 Å². The molecule has 0 radical (unpaired) electrons. The van der Waals surface area contributed by atoms with Crippen LogP contribution in [0.25, 0.3) is 0 Å². The van der Waals surface area contributed by atoms with E-state index in [1.165, 1.54) is 6.42 Å². The monoisotopic (exact) mass is 278 g/mol. The van der Waals surface area contributed by atoms with Gasteiger partial charge in [-0.25, -0.2) is 5.01 Å². The standard InChI is InChI=1S/C14H25F3N2/c1-10-5-3-6-11(2)19(10)18-13-8-4-7-12(9-13)14(15,16)17/h10-13,18H,3-9H2,1-2H3. The molecular weight excluding hydrogens is 253 g/mol. The molecule has 4 atom stereocenters. The highest BCUT2D eigenvalue weighted by Crippen LogP contribution is 2.38. The predicted molar refractivity (Wildman–Crippen MR) is 69.6 cm³/mol. The first kappa shape index (κ1) is 15.1. The molecule has 0 aromatic rings. The molecule has 1 N–H and O–H groups in total. The third kappa shape index (κ3) is 3.85. The largest absolute Gasteiger partial charge is 0.391 e. The number of nitrogens with zero attached hydrogens (tertiary/aromatic N) is 1. The number of hydrazine groups is 1. The molecule has 4 unspecified atom stereocenters. The van der Waals surface area contributed by atoms with E-state index in [4.69, 9.17) is 0 Å². The van der Waals surface area contributed by atoms with E-state index in [1.54, 1.807) is 0 Å². The van der Waals surface area contributed by atoms with Gasteiger partial charge in [-0.2, -0.15) is 13.2 Å². The van der Waals surface area contributed by atoms with Gasteiger partial charge in [0.25, 0.3) is 0 Å². The van der Waals surface area contributed by atoms with Gasteiger partial charge in [0.1, 0.15) is 0 Å². The summed E-state index contributed by atoms with van der Waals surface area (Å²) in [5.74, 6) is -1.12.